The van der Waals surface area contributed by atoms with Crippen molar-refractivity contribution in [1.29, 1.82) is 0 Å². The molecule has 2 amide bonds. The maximum Gasteiger partial charge on any atom is 3.00 e. The Morgan fingerprint density at radius 1 is 0.413 bits per heavy atom. The van der Waals surface area contributed by atoms with Crippen molar-refractivity contribution in [3.63, 3.8) is 0 Å². The van der Waals surface area contributed by atoms with Gasteiger partial charge in [-0.2, -0.15) is 0 Å². The Morgan fingerprint density at radius 3 is 1.04 bits per heavy atom. The predicted molar refractivity (Wildman–Crippen MR) is 155 cm³/mol. The zero-order valence-electron chi connectivity index (χ0n) is 25.9. The molecule has 267 valence electrons. The van der Waals surface area contributed by atoms with Gasteiger partial charge in [0, 0.05) is 52.4 Å². The van der Waals surface area contributed by atoms with Crippen molar-refractivity contribution in [1.82, 2.24) is 24.5 Å². The number of ether oxygens (including phenoxy) is 2. The quantitative estimate of drug-likeness (QED) is 0.0335. The number of carboxylic acids is 3. The second-order valence-corrected chi connectivity index (χ2v) is 9.76. The van der Waals surface area contributed by atoms with Gasteiger partial charge < -0.3 is 55.0 Å². The van der Waals surface area contributed by atoms with Crippen molar-refractivity contribution >= 4 is 29.7 Å². The van der Waals surface area contributed by atoms with Gasteiger partial charge in [-0.25, -0.2) is 0 Å². The van der Waals surface area contributed by atoms with E-state index in [0.29, 0.717) is 0 Å². The van der Waals surface area contributed by atoms with Crippen LogP contribution < -0.4 is 0 Å². The van der Waals surface area contributed by atoms with Gasteiger partial charge in [-0.15, -0.1) is 0 Å². The van der Waals surface area contributed by atoms with Gasteiger partial charge in [-0.3, -0.25) is 38.7 Å². The van der Waals surface area contributed by atoms with Crippen molar-refractivity contribution in [2.24, 2.45) is 0 Å². The number of carbonyl (C=O) groups is 5. The summed E-state index contributed by atoms with van der Waals surface area (Å²) in [4.78, 5) is 66.8. The fraction of sp³-hybridized carbons (Fsp3) is 0.808. The first-order valence-corrected chi connectivity index (χ1v) is 14.4. The summed E-state index contributed by atoms with van der Waals surface area (Å²) in [6.45, 7) is -3.08. The number of nitrogens with zero attached hydrogens (tertiary/aromatic N) is 5. The van der Waals surface area contributed by atoms with E-state index >= 15 is 0 Å². The van der Waals surface area contributed by atoms with Gasteiger partial charge in [-0.05, 0) is 0 Å². The van der Waals surface area contributed by atoms with Crippen LogP contribution in [0.15, 0.2) is 0 Å². The molecule has 0 saturated heterocycles. The SMILES string of the molecule is O=C(O)CN(CCN(CC(=O)O)CC(=O)N(CCO)CCOCCO)CCN(CC(=O)O)CC(=O)N(CCO)CCOCCO.[Gd+3]. The van der Waals surface area contributed by atoms with Gasteiger partial charge in [0.05, 0.1) is 85.6 Å². The molecule has 0 aromatic heterocycles. The smallest absolute Gasteiger partial charge is 0.480 e. The van der Waals surface area contributed by atoms with Crippen molar-refractivity contribution in [3.8, 4) is 0 Å². The molecule has 0 unspecified atom stereocenters. The first kappa shape index (κ1) is 46.4. The van der Waals surface area contributed by atoms with Gasteiger partial charge in [-0.1, -0.05) is 0 Å². The number of rotatable bonds is 30. The third-order valence-electron chi connectivity index (χ3n) is 6.19. The molecule has 0 aromatic carbocycles. The Bertz CT molecular complexity index is 815. The monoisotopic (exact) mass is 813 g/mol. The molecule has 0 rings (SSSR count). The molecular formula is C26H49GdN5O14+3. The summed E-state index contributed by atoms with van der Waals surface area (Å²) >= 11 is 0. The summed E-state index contributed by atoms with van der Waals surface area (Å²) in [5, 5.41) is 64.4. The van der Waals surface area contributed by atoms with Gasteiger partial charge in [0.25, 0.3) is 0 Å². The third-order valence-corrected chi connectivity index (χ3v) is 6.19. The molecule has 0 saturated carbocycles. The van der Waals surface area contributed by atoms with Crippen LogP contribution in [-0.2, 0) is 33.4 Å². The minimum Gasteiger partial charge on any atom is -0.480 e. The van der Waals surface area contributed by atoms with Gasteiger partial charge in [0.2, 0.25) is 11.8 Å². The Morgan fingerprint density at radius 2 is 0.739 bits per heavy atom. The summed E-state index contributed by atoms with van der Waals surface area (Å²) in [7, 11) is 0. The second-order valence-electron chi connectivity index (χ2n) is 9.76. The molecule has 0 aliphatic rings. The van der Waals surface area contributed by atoms with Crippen LogP contribution >= 0.6 is 0 Å². The summed E-state index contributed by atoms with van der Waals surface area (Å²) in [5.74, 6) is -4.66. The van der Waals surface area contributed by atoms with Crippen molar-refractivity contribution in [2.75, 3.05) is 138 Å². The Labute approximate surface area is 299 Å². The van der Waals surface area contributed by atoms with E-state index in [0.717, 1.165) is 0 Å². The topological polar surface area (TPSA) is 262 Å². The van der Waals surface area contributed by atoms with Crippen molar-refractivity contribution in [3.05, 3.63) is 0 Å². The van der Waals surface area contributed by atoms with Crippen LogP contribution in [0.25, 0.3) is 0 Å². The average molecular weight is 813 g/mol. The molecule has 19 nitrogen and oxygen atoms in total. The summed E-state index contributed by atoms with van der Waals surface area (Å²) < 4.78 is 10.3. The standard InChI is InChI=1S/C26H49N5O14.Gd/c32-9-5-30(7-13-44-15-11-34)22(36)17-28(20-25(40)41)3-1-27(19-24(38)39)2-4-29(21-26(42)43)18-23(37)31(6-10-33)8-14-45-16-12-35;/h32-35H,1-21H2,(H,38,39)(H,40,41)(H,42,43);/q;+3. The Hall–Kier alpha value is -1.69. The maximum atomic E-state index is 12.9. The average Bonchev–Trinajstić information content (AvgIpc) is 2.96. The number of carboxylic acid groups (broad SMARTS) is 3. The number of hydrogen-bond acceptors (Lipinski definition) is 14. The van der Waals surface area contributed by atoms with Crippen LogP contribution in [0.5, 0.6) is 0 Å². The van der Waals surface area contributed by atoms with Crippen LogP contribution in [0, 0.1) is 39.9 Å². The van der Waals surface area contributed by atoms with E-state index in [9.17, 15) is 49.5 Å². The fourth-order valence-corrected chi connectivity index (χ4v) is 4.07. The molecular weight excluding hydrogens is 764 g/mol. The van der Waals surface area contributed by atoms with Gasteiger partial charge in [0.1, 0.15) is 0 Å². The molecule has 0 heterocycles. The van der Waals surface area contributed by atoms with Crippen molar-refractivity contribution in [2.45, 2.75) is 0 Å². The van der Waals surface area contributed by atoms with Gasteiger partial charge >= 0.3 is 57.8 Å². The van der Waals surface area contributed by atoms with E-state index in [2.05, 4.69) is 0 Å². The number of carbonyl (C=O) groups excluding carboxylic acids is 2. The zero-order valence-corrected chi connectivity index (χ0v) is 28.2. The van der Waals surface area contributed by atoms with Crippen LogP contribution in [0.2, 0.25) is 0 Å². The van der Waals surface area contributed by atoms with E-state index in [4.69, 9.17) is 19.7 Å². The Kier molecular flexibility index (Phi) is 29.7. The van der Waals surface area contributed by atoms with Crippen LogP contribution in [0.1, 0.15) is 0 Å². The summed E-state index contributed by atoms with van der Waals surface area (Å²) in [5.41, 5.74) is 0. The van der Waals surface area contributed by atoms with E-state index in [-0.39, 0.29) is 158 Å². The first-order chi connectivity index (χ1) is 21.5. The largest absolute Gasteiger partial charge is 3.00 e. The third kappa shape index (κ3) is 24.5. The molecule has 0 aromatic rings. The fourth-order valence-electron chi connectivity index (χ4n) is 4.07. The molecule has 1 radical (unpaired) electrons. The van der Waals surface area contributed by atoms with Crippen LogP contribution in [0.4, 0.5) is 0 Å². The number of aliphatic carboxylic acids is 3. The van der Waals surface area contributed by atoms with Crippen LogP contribution in [-0.4, -0.2) is 228 Å². The summed E-state index contributed by atoms with van der Waals surface area (Å²) in [6.07, 6.45) is 0. The van der Waals surface area contributed by atoms with Crippen molar-refractivity contribution < 1.29 is 109 Å². The van der Waals surface area contributed by atoms with E-state index in [1.165, 1.54) is 24.5 Å². The minimum atomic E-state index is -1.23. The molecule has 0 aliphatic heterocycles. The number of aliphatic hydroxyl groups excluding tert-OH is 4. The number of amides is 2. The maximum absolute atomic E-state index is 12.9. The van der Waals surface area contributed by atoms with Crippen LogP contribution in [0.3, 0.4) is 0 Å². The predicted octanol–water partition coefficient (Wildman–Crippen LogP) is -5.19. The second kappa shape index (κ2) is 29.5. The first-order valence-electron chi connectivity index (χ1n) is 14.4. The molecule has 0 fully saturated rings. The molecule has 7 N–H and O–H groups in total. The number of aliphatic hydroxyl groups is 4. The molecule has 46 heavy (non-hydrogen) atoms. The Balaban J connectivity index is 0. The van der Waals surface area contributed by atoms with Gasteiger partial charge in [0.15, 0.2) is 0 Å². The molecule has 0 bridgehead atoms. The molecule has 0 aliphatic carbocycles. The van der Waals surface area contributed by atoms with E-state index in [1.807, 2.05) is 0 Å². The zero-order chi connectivity index (χ0) is 34.0. The minimum absolute atomic E-state index is 0. The van der Waals surface area contributed by atoms with E-state index < -0.39 is 49.4 Å². The normalized spacial score (nSPS) is 11.1. The molecule has 0 spiro atoms. The molecule has 0 atom stereocenters. The number of hydrogen-bond donors (Lipinski definition) is 7. The van der Waals surface area contributed by atoms with E-state index in [1.54, 1.807) is 0 Å². The summed E-state index contributed by atoms with van der Waals surface area (Å²) in [6, 6.07) is 0. The molecule has 20 heteroatoms.